The van der Waals surface area contributed by atoms with Gasteiger partial charge in [-0.25, -0.2) is 4.79 Å². The van der Waals surface area contributed by atoms with Crippen molar-refractivity contribution < 1.29 is 14.3 Å². The lowest BCUT2D eigenvalue weighted by atomic mass is 10.2. The van der Waals surface area contributed by atoms with E-state index in [0.29, 0.717) is 31.1 Å². The highest BCUT2D eigenvalue weighted by Gasteiger charge is 2.13. The molecular weight excluding hydrogens is 370 g/mol. The van der Waals surface area contributed by atoms with Crippen molar-refractivity contribution in [3.05, 3.63) is 58.5 Å². The van der Waals surface area contributed by atoms with Gasteiger partial charge in [0.15, 0.2) is 0 Å². The molecule has 0 saturated heterocycles. The molecule has 0 radical (unpaired) electrons. The summed E-state index contributed by atoms with van der Waals surface area (Å²) in [6.07, 6.45) is 1.09. The van der Waals surface area contributed by atoms with Crippen LogP contribution >= 0.6 is 0 Å². The minimum atomic E-state index is -0.123. The van der Waals surface area contributed by atoms with Crippen LogP contribution in [0.5, 0.6) is 11.5 Å². The van der Waals surface area contributed by atoms with Crippen LogP contribution in [0.4, 0.5) is 0 Å². The van der Waals surface area contributed by atoms with Gasteiger partial charge >= 0.3 is 5.69 Å². The molecular formula is C22H27N3O4. The van der Waals surface area contributed by atoms with Crippen LogP contribution in [0.25, 0.3) is 11.0 Å². The molecule has 1 aromatic heterocycles. The Morgan fingerprint density at radius 3 is 2.31 bits per heavy atom. The number of amides is 1. The number of carbonyl (C=O) groups excluding carboxylic acids is 1. The zero-order chi connectivity index (χ0) is 20.8. The molecule has 0 spiro atoms. The average molecular weight is 397 g/mol. The van der Waals surface area contributed by atoms with E-state index in [1.54, 1.807) is 29.4 Å². The molecule has 0 saturated carbocycles. The second kappa shape index (κ2) is 9.32. The van der Waals surface area contributed by atoms with E-state index in [2.05, 4.69) is 5.32 Å². The summed E-state index contributed by atoms with van der Waals surface area (Å²) in [4.78, 5) is 25.2. The monoisotopic (exact) mass is 397 g/mol. The lowest BCUT2D eigenvalue weighted by Crippen LogP contribution is -2.28. The second-order valence-corrected chi connectivity index (χ2v) is 6.78. The number of rotatable bonds is 9. The summed E-state index contributed by atoms with van der Waals surface area (Å²) in [5, 5.41) is 2.90. The Morgan fingerprint density at radius 2 is 1.69 bits per heavy atom. The van der Waals surface area contributed by atoms with Crippen LogP contribution in [0.15, 0.2) is 47.3 Å². The first-order valence-corrected chi connectivity index (χ1v) is 9.74. The molecule has 154 valence electrons. The van der Waals surface area contributed by atoms with Gasteiger partial charge in [0.1, 0.15) is 11.5 Å². The van der Waals surface area contributed by atoms with Crippen molar-refractivity contribution in [1.29, 1.82) is 0 Å². The van der Waals surface area contributed by atoms with E-state index in [9.17, 15) is 9.59 Å². The Morgan fingerprint density at radius 1 is 1.00 bits per heavy atom. The molecule has 0 aliphatic rings. The van der Waals surface area contributed by atoms with E-state index in [1.807, 2.05) is 43.3 Å². The van der Waals surface area contributed by atoms with Gasteiger partial charge < -0.3 is 14.8 Å². The minimum absolute atomic E-state index is 0.0716. The van der Waals surface area contributed by atoms with E-state index in [4.69, 9.17) is 9.47 Å². The van der Waals surface area contributed by atoms with Gasteiger partial charge in [-0.15, -0.1) is 0 Å². The highest BCUT2D eigenvalue weighted by atomic mass is 16.5. The number of aromatic nitrogens is 2. The summed E-state index contributed by atoms with van der Waals surface area (Å²) in [5.74, 6) is 1.23. The zero-order valence-corrected chi connectivity index (χ0v) is 17.1. The fourth-order valence-corrected chi connectivity index (χ4v) is 3.42. The SMILES string of the molecule is CCCn1c(=O)n(CCC(=O)NCc2ccc(OC)cc2OC)c2ccccc21. The van der Waals surface area contributed by atoms with Crippen molar-refractivity contribution in [2.45, 2.75) is 39.4 Å². The van der Waals surface area contributed by atoms with Crippen LogP contribution in [0.1, 0.15) is 25.3 Å². The van der Waals surface area contributed by atoms with Crippen LogP contribution < -0.4 is 20.5 Å². The van der Waals surface area contributed by atoms with Gasteiger partial charge in [0.05, 0.1) is 25.3 Å². The van der Waals surface area contributed by atoms with Gasteiger partial charge in [0.2, 0.25) is 5.91 Å². The number of carbonyl (C=O) groups is 1. The van der Waals surface area contributed by atoms with Crippen molar-refractivity contribution in [3.63, 3.8) is 0 Å². The van der Waals surface area contributed by atoms with Gasteiger partial charge in [-0.3, -0.25) is 13.9 Å². The Balaban J connectivity index is 1.67. The van der Waals surface area contributed by atoms with Crippen molar-refractivity contribution in [1.82, 2.24) is 14.5 Å². The molecule has 29 heavy (non-hydrogen) atoms. The maximum absolute atomic E-state index is 12.8. The number of hydrogen-bond acceptors (Lipinski definition) is 4. The van der Waals surface area contributed by atoms with E-state index in [-0.39, 0.29) is 18.0 Å². The van der Waals surface area contributed by atoms with Gasteiger partial charge in [0.25, 0.3) is 0 Å². The Labute approximate surface area is 169 Å². The van der Waals surface area contributed by atoms with Gasteiger partial charge in [-0.2, -0.15) is 0 Å². The molecule has 2 aromatic carbocycles. The van der Waals surface area contributed by atoms with E-state index >= 15 is 0 Å². The number of para-hydroxylation sites is 2. The molecule has 3 rings (SSSR count). The zero-order valence-electron chi connectivity index (χ0n) is 17.1. The summed E-state index contributed by atoms with van der Waals surface area (Å²) in [5.41, 5.74) is 2.55. The van der Waals surface area contributed by atoms with Crippen LogP contribution in [-0.2, 0) is 24.4 Å². The minimum Gasteiger partial charge on any atom is -0.497 e. The molecule has 0 aliphatic heterocycles. The normalized spacial score (nSPS) is 10.9. The van der Waals surface area contributed by atoms with Gasteiger partial charge in [0, 0.05) is 37.7 Å². The lowest BCUT2D eigenvalue weighted by Gasteiger charge is -2.11. The van der Waals surface area contributed by atoms with Crippen molar-refractivity contribution >= 4 is 16.9 Å². The summed E-state index contributed by atoms with van der Waals surface area (Å²) in [6.45, 7) is 3.38. The van der Waals surface area contributed by atoms with Crippen LogP contribution in [-0.4, -0.2) is 29.3 Å². The first-order valence-electron chi connectivity index (χ1n) is 9.74. The molecule has 1 heterocycles. The largest absolute Gasteiger partial charge is 0.497 e. The van der Waals surface area contributed by atoms with Crippen LogP contribution in [0.3, 0.4) is 0 Å². The number of imidazole rings is 1. The summed E-state index contributed by atoms with van der Waals surface area (Å²) >= 11 is 0. The first kappa shape index (κ1) is 20.5. The number of benzene rings is 2. The fraction of sp³-hybridized carbons (Fsp3) is 0.364. The number of fused-ring (bicyclic) bond motifs is 1. The Hall–Kier alpha value is -3.22. The van der Waals surface area contributed by atoms with Crippen molar-refractivity contribution in [3.8, 4) is 11.5 Å². The van der Waals surface area contributed by atoms with Crippen LogP contribution in [0.2, 0.25) is 0 Å². The van der Waals surface area contributed by atoms with E-state index in [0.717, 1.165) is 23.0 Å². The third-order valence-electron chi connectivity index (χ3n) is 4.91. The van der Waals surface area contributed by atoms with E-state index < -0.39 is 0 Å². The summed E-state index contributed by atoms with van der Waals surface area (Å²) in [6, 6.07) is 13.2. The molecule has 0 fully saturated rings. The molecule has 3 aromatic rings. The molecule has 0 atom stereocenters. The number of hydrogen-bond donors (Lipinski definition) is 1. The predicted molar refractivity (Wildman–Crippen MR) is 112 cm³/mol. The highest BCUT2D eigenvalue weighted by molar-refractivity contribution is 5.78. The average Bonchev–Trinajstić information content (AvgIpc) is 3.02. The lowest BCUT2D eigenvalue weighted by molar-refractivity contribution is -0.121. The quantitative estimate of drug-likeness (QED) is 0.602. The van der Waals surface area contributed by atoms with Crippen molar-refractivity contribution in [2.24, 2.45) is 0 Å². The third kappa shape index (κ3) is 4.45. The summed E-state index contributed by atoms with van der Waals surface area (Å²) in [7, 11) is 3.17. The predicted octanol–water partition coefficient (Wildman–Crippen LogP) is 2.94. The highest BCUT2D eigenvalue weighted by Crippen LogP contribution is 2.24. The molecule has 0 bridgehead atoms. The standard InChI is InChI=1S/C22H27N3O4/c1-4-12-24-18-7-5-6-8-19(18)25(22(24)27)13-11-21(26)23-15-16-9-10-17(28-2)14-20(16)29-3/h5-10,14H,4,11-13,15H2,1-3H3,(H,23,26). The first-order chi connectivity index (χ1) is 14.1. The number of nitrogens with zero attached hydrogens (tertiary/aromatic N) is 2. The Bertz CT molecular complexity index is 1050. The number of ether oxygens (including phenoxy) is 2. The molecule has 7 heteroatoms. The maximum Gasteiger partial charge on any atom is 0.329 e. The second-order valence-electron chi connectivity index (χ2n) is 6.78. The number of nitrogens with one attached hydrogen (secondary N) is 1. The number of methoxy groups -OCH3 is 2. The molecule has 7 nitrogen and oxygen atoms in total. The molecule has 1 N–H and O–H groups in total. The third-order valence-corrected chi connectivity index (χ3v) is 4.91. The Kier molecular flexibility index (Phi) is 6.59. The van der Waals surface area contributed by atoms with Gasteiger partial charge in [-0.05, 0) is 30.7 Å². The smallest absolute Gasteiger partial charge is 0.329 e. The fourth-order valence-electron chi connectivity index (χ4n) is 3.42. The molecule has 0 unspecified atom stereocenters. The molecule has 0 aliphatic carbocycles. The van der Waals surface area contributed by atoms with E-state index in [1.165, 1.54) is 0 Å². The topological polar surface area (TPSA) is 74.5 Å². The van der Waals surface area contributed by atoms with Crippen molar-refractivity contribution in [2.75, 3.05) is 14.2 Å². The molecule has 1 amide bonds. The van der Waals surface area contributed by atoms with Crippen LogP contribution in [0, 0.1) is 0 Å². The maximum atomic E-state index is 12.8. The summed E-state index contributed by atoms with van der Waals surface area (Å²) < 4.78 is 14.0. The number of aryl methyl sites for hydroxylation is 2. The van der Waals surface area contributed by atoms with Gasteiger partial charge in [-0.1, -0.05) is 19.1 Å².